The number of nitrogens with two attached hydrogens (primary N) is 1. The van der Waals surface area contributed by atoms with Crippen LogP contribution in [0.2, 0.25) is 6.82 Å². The quantitative estimate of drug-likeness (QED) is 0.508. The third-order valence-corrected chi connectivity index (χ3v) is 2.90. The van der Waals surface area contributed by atoms with Gasteiger partial charge in [0, 0.05) is 12.2 Å². The molecule has 1 aliphatic rings. The molecule has 0 aliphatic carbocycles. The van der Waals surface area contributed by atoms with Gasteiger partial charge in [0.15, 0.2) is 0 Å². The van der Waals surface area contributed by atoms with Crippen molar-refractivity contribution in [3.05, 3.63) is 23.8 Å². The minimum atomic E-state index is -0.880. The Morgan fingerprint density at radius 1 is 1.61 bits per heavy atom. The normalized spacial score (nSPS) is 17.0. The molecule has 0 radical (unpaired) electrons. The van der Waals surface area contributed by atoms with Gasteiger partial charge in [0.2, 0.25) is 0 Å². The van der Waals surface area contributed by atoms with Gasteiger partial charge in [-0.15, -0.1) is 0 Å². The largest absolute Gasteiger partial charge is 0.480 e. The fraction of sp³-hybridized carbons (Fsp3) is 0.364. The first kappa shape index (κ1) is 13.5. The summed E-state index contributed by atoms with van der Waals surface area (Å²) in [4.78, 5) is 10.5. The van der Waals surface area contributed by atoms with Crippen LogP contribution in [-0.2, 0) is 9.45 Å². The molecule has 0 saturated carbocycles. The molecule has 1 heterocycles. The topological polar surface area (TPSA) is 84.6 Å². The van der Waals surface area contributed by atoms with Crippen molar-refractivity contribution in [1.29, 1.82) is 0 Å². The summed E-state index contributed by atoms with van der Waals surface area (Å²) in [7, 11) is 0. The number of rotatable bonds is 4. The predicted octanol–water partition coefficient (Wildman–Crippen LogP) is 0.0414. The van der Waals surface area contributed by atoms with Crippen LogP contribution in [0.15, 0.2) is 18.2 Å². The zero-order chi connectivity index (χ0) is 12.4. The molecule has 2 rings (SSSR count). The van der Waals surface area contributed by atoms with Gasteiger partial charge < -0.3 is 20.8 Å². The second-order valence-electron chi connectivity index (χ2n) is 4.09. The maximum atomic E-state index is 10.5. The molecule has 4 N–H and O–H groups in total. The number of aliphatic carboxylic acids is 1. The van der Waals surface area contributed by atoms with Crippen molar-refractivity contribution in [1.82, 2.24) is 0 Å². The maximum Gasteiger partial charge on any atom is 0.324 e. The molecule has 1 atom stereocenters. The van der Waals surface area contributed by atoms with Gasteiger partial charge in [0.05, 0.1) is 6.10 Å². The van der Waals surface area contributed by atoms with Crippen LogP contribution < -0.4 is 16.5 Å². The summed E-state index contributed by atoms with van der Waals surface area (Å²) in [6, 6.07) is 5.73. The summed E-state index contributed by atoms with van der Waals surface area (Å²) in [6.45, 7) is 2.34. The first-order valence-corrected chi connectivity index (χ1v) is 5.57. The van der Waals surface area contributed by atoms with E-state index in [2.05, 4.69) is 5.32 Å². The number of anilines is 1. The molecule has 5 nitrogen and oxygen atoms in total. The van der Waals surface area contributed by atoms with Gasteiger partial charge in [0.25, 0.3) is 0 Å². The number of hydrogen-bond donors (Lipinski definition) is 3. The SMILES string of the molecule is CB1O[C@@H](CN)c2ccc(NCC(=O)O)cc21.[Rf]. The standard InChI is InChI=1S/C11H15BN2O3.Rf/c1-12-9-4-7(14-6-11(15)16)2-3-8(9)10(5-13)17-12;/h2-4,10,14H,5-6,13H2,1H3,(H,15,16);/t10-;/m0./s1. The zero-order valence-electron chi connectivity index (χ0n) is 10.3. The van der Waals surface area contributed by atoms with E-state index in [1.807, 2.05) is 25.0 Å². The van der Waals surface area contributed by atoms with Gasteiger partial charge in [-0.2, -0.15) is 0 Å². The number of fused-ring (bicyclic) bond motifs is 1. The molecule has 0 saturated heterocycles. The monoisotopic (exact) mass is 501 g/mol. The first-order valence-electron chi connectivity index (χ1n) is 5.57. The van der Waals surface area contributed by atoms with E-state index in [1.54, 1.807) is 0 Å². The van der Waals surface area contributed by atoms with Crippen molar-refractivity contribution in [2.24, 2.45) is 5.73 Å². The molecule has 0 bridgehead atoms. The van der Waals surface area contributed by atoms with Crippen molar-refractivity contribution >= 4 is 24.0 Å². The molecule has 1 aromatic rings. The molecular weight excluding hydrogens is 486 g/mol. The number of hydrogen-bond acceptors (Lipinski definition) is 4. The van der Waals surface area contributed by atoms with Crippen LogP contribution in [0.5, 0.6) is 0 Å². The smallest absolute Gasteiger partial charge is 0.324 e. The van der Waals surface area contributed by atoms with Crippen molar-refractivity contribution < 1.29 is 14.6 Å². The summed E-state index contributed by atoms with van der Waals surface area (Å²) in [5.41, 5.74) is 8.60. The van der Waals surface area contributed by atoms with Gasteiger partial charge in [-0.25, -0.2) is 0 Å². The second-order valence-corrected chi connectivity index (χ2v) is 4.09. The van der Waals surface area contributed by atoms with Gasteiger partial charge in [-0.1, -0.05) is 12.9 Å². The Hall–Kier alpha value is -2.53. The Labute approximate surface area is 100 Å². The van der Waals surface area contributed by atoms with Crippen LogP contribution in [-0.4, -0.2) is 31.1 Å². The molecule has 0 fully saturated rings. The average Bonchev–Trinajstić information content (AvgIpc) is 2.63. The third kappa shape index (κ3) is 2.41. The molecule has 92 valence electrons. The van der Waals surface area contributed by atoms with Crippen molar-refractivity contribution in [3.63, 3.8) is 0 Å². The van der Waals surface area contributed by atoms with Crippen LogP contribution in [0.4, 0.5) is 5.69 Å². The molecule has 1 aromatic carbocycles. The minimum Gasteiger partial charge on any atom is -0.480 e. The second kappa shape index (κ2) is 5.20. The van der Waals surface area contributed by atoms with E-state index < -0.39 is 5.97 Å². The van der Waals surface area contributed by atoms with E-state index in [-0.39, 0.29) is 19.6 Å². The summed E-state index contributed by atoms with van der Waals surface area (Å²) < 4.78 is 5.69. The van der Waals surface area contributed by atoms with Crippen LogP contribution in [0.1, 0.15) is 11.7 Å². The summed E-state index contributed by atoms with van der Waals surface area (Å²) in [5.74, 6) is -0.880. The predicted molar refractivity (Wildman–Crippen MR) is 66.7 cm³/mol. The maximum absolute atomic E-state index is 10.5. The average molecular weight is 501 g/mol. The van der Waals surface area contributed by atoms with Crippen molar-refractivity contribution in [2.45, 2.75) is 12.9 Å². The van der Waals surface area contributed by atoms with Gasteiger partial charge >= 0.3 is 12.9 Å². The molecule has 0 aromatic heterocycles. The number of carboxylic acids is 1. The van der Waals surface area contributed by atoms with E-state index in [9.17, 15) is 4.79 Å². The van der Waals surface area contributed by atoms with E-state index in [0.717, 1.165) is 16.7 Å². The van der Waals surface area contributed by atoms with Crippen LogP contribution >= 0.6 is 0 Å². The van der Waals surface area contributed by atoms with Crippen LogP contribution in [0.3, 0.4) is 0 Å². The van der Waals surface area contributed by atoms with E-state index in [1.165, 1.54) is 0 Å². The molecule has 0 amide bonds. The number of carboxylic acid groups (broad SMARTS) is 1. The Bertz CT molecular complexity index is 444. The van der Waals surface area contributed by atoms with Crippen LogP contribution in [0.25, 0.3) is 0 Å². The molecule has 0 unspecified atom stereocenters. The summed E-state index contributed by atoms with van der Waals surface area (Å²) in [5, 5.41) is 11.4. The minimum absolute atomic E-state index is 0. The van der Waals surface area contributed by atoms with Crippen LogP contribution in [0, 0.1) is 0 Å². The molecular formula is C11H15BN2O3Rf. The Kier molecular flexibility index (Phi) is 3.91. The zero-order valence-corrected chi connectivity index (χ0v) is 16.7. The van der Waals surface area contributed by atoms with Crippen molar-refractivity contribution in [3.8, 4) is 0 Å². The third-order valence-electron chi connectivity index (χ3n) is 2.90. The van der Waals surface area contributed by atoms with Gasteiger partial charge in [0.1, 0.15) is 6.54 Å². The molecule has 1 aliphatic heterocycles. The van der Waals surface area contributed by atoms with Crippen molar-refractivity contribution in [2.75, 3.05) is 18.4 Å². The Balaban J connectivity index is 0.00000162. The number of benzene rings is 1. The molecule has 18 heavy (non-hydrogen) atoms. The summed E-state index contributed by atoms with van der Waals surface area (Å²) in [6.07, 6.45) is -0.0477. The first-order chi connectivity index (χ1) is 8.11. The van der Waals surface area contributed by atoms with E-state index in [0.29, 0.717) is 6.54 Å². The summed E-state index contributed by atoms with van der Waals surface area (Å²) >= 11 is 0. The fourth-order valence-corrected chi connectivity index (χ4v) is 2.08. The molecule has 7 heteroatoms. The van der Waals surface area contributed by atoms with E-state index in [4.69, 9.17) is 15.5 Å². The van der Waals surface area contributed by atoms with Gasteiger partial charge in [-0.05, 0) is 23.2 Å². The Morgan fingerprint density at radius 2 is 2.33 bits per heavy atom. The Morgan fingerprint density at radius 3 is 2.94 bits per heavy atom. The fourth-order valence-electron chi connectivity index (χ4n) is 2.08. The van der Waals surface area contributed by atoms with E-state index >= 15 is 0 Å². The number of carbonyl (C=O) groups is 1. The van der Waals surface area contributed by atoms with Gasteiger partial charge in [-0.3, -0.25) is 4.79 Å². The number of nitrogens with one attached hydrogen (secondary N) is 1. The molecule has 0 spiro atoms.